The fourth-order valence-electron chi connectivity index (χ4n) is 6.34. The molecule has 0 heterocycles. The van der Waals surface area contributed by atoms with Gasteiger partial charge in [0.05, 0.1) is 18.0 Å². The van der Waals surface area contributed by atoms with E-state index in [9.17, 15) is 68.1 Å². The summed E-state index contributed by atoms with van der Waals surface area (Å²) >= 11 is 0. The summed E-state index contributed by atoms with van der Waals surface area (Å²) in [6, 6.07) is 2.63. The quantitative estimate of drug-likeness (QED) is 0.0443. The Morgan fingerprint density at radius 3 is 1.68 bits per heavy atom. The number of aromatic carboxylic acids is 1. The van der Waals surface area contributed by atoms with E-state index in [4.69, 9.17) is 15.9 Å². The molecule has 0 aliphatic rings. The number of hydrogen-bond acceptors (Lipinski definition) is 13. The predicted octanol–water partition coefficient (Wildman–Crippen LogP) is -1.90. The van der Waals surface area contributed by atoms with Crippen LogP contribution in [0.2, 0.25) is 0 Å². The van der Waals surface area contributed by atoms with Crippen molar-refractivity contribution in [1.82, 2.24) is 37.2 Å². The van der Waals surface area contributed by atoms with Crippen LogP contribution < -0.4 is 43.0 Å². The molecule has 68 heavy (non-hydrogen) atoms. The van der Waals surface area contributed by atoms with Gasteiger partial charge in [0.2, 0.25) is 29.5 Å². The number of nitrogens with one attached hydrogen (secondary N) is 7. The fraction of sp³-hybridized carbons (Fsp3) is 0.477. The number of carboxylic acid groups (broad SMARTS) is 4. The highest BCUT2D eigenvalue weighted by Crippen LogP contribution is 2.13. The Balaban J connectivity index is 2.26. The smallest absolute Gasteiger partial charge is 0.335 e. The SMILES string of the molecule is CC(C)C[C@H](NC(=O)[C@@H](NC(=O)[C@@H](N)CNC(=O)c1ccc(C(=O)O)cc1)C(C)C)C(=O)N[C@@H](Cc1ccccc1)[C@@H](O)C(=O)N[C@@H](CC(=O)O)C(=O)N[C@@H](C)C(=O)N[C@@H](CCC(=O)O)C(=O)O. The number of carboxylic acids is 4. The number of nitrogens with two attached hydrogens (primary N) is 1. The number of aliphatic hydroxyl groups excluding tert-OH is 1. The molecule has 2 rings (SSSR count). The van der Waals surface area contributed by atoms with Crippen LogP contribution in [-0.4, -0.2) is 146 Å². The maximum absolute atomic E-state index is 14.0. The van der Waals surface area contributed by atoms with Gasteiger partial charge in [-0.3, -0.25) is 43.2 Å². The lowest BCUT2D eigenvalue weighted by atomic mass is 9.97. The van der Waals surface area contributed by atoms with E-state index in [2.05, 4.69) is 37.2 Å². The molecule has 7 amide bonds. The van der Waals surface area contributed by atoms with Crippen LogP contribution in [0.4, 0.5) is 0 Å². The van der Waals surface area contributed by atoms with Crippen molar-refractivity contribution in [3.63, 3.8) is 0 Å². The van der Waals surface area contributed by atoms with Gasteiger partial charge < -0.3 is 68.5 Å². The maximum Gasteiger partial charge on any atom is 0.335 e. The number of hydrogen-bond donors (Lipinski definition) is 13. The second-order valence-corrected chi connectivity index (χ2v) is 16.6. The summed E-state index contributed by atoms with van der Waals surface area (Å²) in [5, 5.41) is 64.9. The van der Waals surface area contributed by atoms with E-state index in [0.717, 1.165) is 6.92 Å². The lowest BCUT2D eigenvalue weighted by molar-refractivity contribution is -0.144. The molecule has 8 atom stereocenters. The van der Waals surface area contributed by atoms with Crippen LogP contribution >= 0.6 is 0 Å². The molecule has 0 aliphatic heterocycles. The van der Waals surface area contributed by atoms with Gasteiger partial charge >= 0.3 is 23.9 Å². The minimum atomic E-state index is -2.18. The average Bonchev–Trinajstić information content (AvgIpc) is 3.26. The predicted molar refractivity (Wildman–Crippen MR) is 238 cm³/mol. The van der Waals surface area contributed by atoms with Crippen LogP contribution in [0.25, 0.3) is 0 Å². The third-order valence-corrected chi connectivity index (χ3v) is 10.1. The van der Waals surface area contributed by atoms with Crippen molar-refractivity contribution in [2.45, 2.75) is 115 Å². The van der Waals surface area contributed by atoms with Crippen molar-refractivity contribution in [3.8, 4) is 0 Å². The van der Waals surface area contributed by atoms with Crippen molar-refractivity contribution >= 4 is 65.2 Å². The van der Waals surface area contributed by atoms with Crippen molar-refractivity contribution in [3.05, 3.63) is 71.3 Å². The van der Waals surface area contributed by atoms with Crippen LogP contribution in [0.1, 0.15) is 86.6 Å². The molecule has 2 aromatic rings. The van der Waals surface area contributed by atoms with Crippen LogP contribution in [0.3, 0.4) is 0 Å². The molecular weight excluding hydrogens is 897 g/mol. The minimum absolute atomic E-state index is 0.00899. The molecule has 0 spiro atoms. The van der Waals surface area contributed by atoms with Gasteiger partial charge in [-0.05, 0) is 67.9 Å². The summed E-state index contributed by atoms with van der Waals surface area (Å²) in [6.45, 7) is 7.43. The lowest BCUT2D eigenvalue weighted by Crippen LogP contribution is -2.61. The van der Waals surface area contributed by atoms with Gasteiger partial charge in [0.15, 0.2) is 6.10 Å². The third-order valence-electron chi connectivity index (χ3n) is 10.1. The van der Waals surface area contributed by atoms with Gasteiger partial charge in [0.1, 0.15) is 36.3 Å². The summed E-state index contributed by atoms with van der Waals surface area (Å²) in [5.41, 5.74) is 6.59. The third kappa shape index (κ3) is 19.2. The Labute approximate surface area is 390 Å². The van der Waals surface area contributed by atoms with Crippen LogP contribution in [0, 0.1) is 11.8 Å². The van der Waals surface area contributed by atoms with Gasteiger partial charge in [-0.2, -0.15) is 0 Å². The monoisotopic (exact) mass is 956 g/mol. The molecule has 0 aliphatic carbocycles. The average molecular weight is 957 g/mol. The van der Waals surface area contributed by atoms with E-state index < -0.39 is 139 Å². The zero-order chi connectivity index (χ0) is 51.4. The Bertz CT molecular complexity index is 2140. The van der Waals surface area contributed by atoms with Gasteiger partial charge in [-0.1, -0.05) is 58.0 Å². The first kappa shape index (κ1) is 56.7. The van der Waals surface area contributed by atoms with Crippen molar-refractivity contribution in [1.29, 1.82) is 0 Å². The molecule has 0 unspecified atom stereocenters. The van der Waals surface area contributed by atoms with Crippen LogP contribution in [-0.2, 0) is 49.6 Å². The van der Waals surface area contributed by atoms with E-state index in [1.165, 1.54) is 24.3 Å². The van der Waals surface area contributed by atoms with Gasteiger partial charge in [0.25, 0.3) is 11.8 Å². The molecule has 372 valence electrons. The number of benzene rings is 2. The number of amides is 7. The van der Waals surface area contributed by atoms with Crippen molar-refractivity contribution < 1.29 is 78.3 Å². The largest absolute Gasteiger partial charge is 0.481 e. The van der Waals surface area contributed by atoms with E-state index >= 15 is 0 Å². The molecule has 0 saturated carbocycles. The summed E-state index contributed by atoms with van der Waals surface area (Å²) in [7, 11) is 0. The minimum Gasteiger partial charge on any atom is -0.481 e. The first-order valence-electron chi connectivity index (χ1n) is 21.4. The molecule has 0 saturated heterocycles. The Kier molecular flexibility index (Phi) is 22.7. The molecule has 0 bridgehead atoms. The molecule has 14 N–H and O–H groups in total. The summed E-state index contributed by atoms with van der Waals surface area (Å²) in [6.07, 6.45) is -4.55. The highest BCUT2D eigenvalue weighted by atomic mass is 16.4. The maximum atomic E-state index is 14.0. The first-order valence-corrected chi connectivity index (χ1v) is 21.4. The van der Waals surface area contributed by atoms with E-state index in [-0.39, 0.29) is 36.4 Å². The lowest BCUT2D eigenvalue weighted by Gasteiger charge is -2.30. The van der Waals surface area contributed by atoms with E-state index in [1.807, 2.05) is 0 Å². The molecule has 24 heteroatoms. The highest BCUT2D eigenvalue weighted by Gasteiger charge is 2.36. The topological polar surface area (TPSA) is 399 Å². The molecule has 0 radical (unpaired) electrons. The van der Waals surface area contributed by atoms with Crippen molar-refractivity contribution in [2.24, 2.45) is 17.6 Å². The Hall–Kier alpha value is -7.47. The summed E-state index contributed by atoms with van der Waals surface area (Å²) in [4.78, 5) is 139. The fourth-order valence-corrected chi connectivity index (χ4v) is 6.34. The number of aliphatic hydroxyl groups is 1. The first-order chi connectivity index (χ1) is 31.8. The van der Waals surface area contributed by atoms with Crippen LogP contribution in [0.15, 0.2) is 54.6 Å². The molecule has 0 fully saturated rings. The number of carbonyl (C=O) groups is 11. The standard InChI is InChI=1S/C44H60N8O16/c1-21(2)17-30(50-41(63)34(22(3)4)52-38(60)27(45)20-46-37(59)25-11-13-26(14-12-25)43(65)66)40(62)49-29(18-24-9-7-6-8-10-24)35(57)42(64)51-31(19-33(55)56)39(61)47-23(5)36(58)48-28(44(67)68)15-16-32(53)54/h6-14,21-23,27-31,34-35,57H,15-20,45H2,1-5H3,(H,46,59)(H,47,61)(H,48,58)(H,49,62)(H,50,63)(H,51,64)(H,52,60)(H,53,54)(H,55,56)(H,65,66)(H,67,68)/t23-,27-,28-,29-,30-,31-,34-,35+/m0/s1. The number of rotatable bonds is 28. The van der Waals surface area contributed by atoms with Gasteiger partial charge in [-0.25, -0.2) is 9.59 Å². The second kappa shape index (κ2) is 27.2. The van der Waals surface area contributed by atoms with Gasteiger partial charge in [-0.15, -0.1) is 0 Å². The zero-order valence-corrected chi connectivity index (χ0v) is 38.0. The summed E-state index contributed by atoms with van der Waals surface area (Å²) in [5.74, 6) is -13.3. The van der Waals surface area contributed by atoms with Gasteiger partial charge in [0, 0.05) is 18.5 Å². The van der Waals surface area contributed by atoms with E-state index in [1.54, 1.807) is 58.0 Å². The van der Waals surface area contributed by atoms with Crippen LogP contribution in [0.5, 0.6) is 0 Å². The number of carbonyl (C=O) groups excluding carboxylic acids is 7. The summed E-state index contributed by atoms with van der Waals surface area (Å²) < 4.78 is 0. The highest BCUT2D eigenvalue weighted by molar-refractivity contribution is 5.98. The molecule has 2 aromatic carbocycles. The zero-order valence-electron chi connectivity index (χ0n) is 38.0. The Morgan fingerprint density at radius 2 is 1.15 bits per heavy atom. The van der Waals surface area contributed by atoms with Crippen molar-refractivity contribution in [2.75, 3.05) is 6.54 Å². The van der Waals surface area contributed by atoms with E-state index in [0.29, 0.717) is 5.56 Å². The molecule has 0 aromatic heterocycles. The number of aliphatic carboxylic acids is 3. The normalized spacial score (nSPS) is 14.5. The second-order valence-electron chi connectivity index (χ2n) is 16.6. The molecule has 24 nitrogen and oxygen atoms in total. The Morgan fingerprint density at radius 1 is 0.588 bits per heavy atom. The molecular formula is C44H60N8O16.